The van der Waals surface area contributed by atoms with E-state index in [1.165, 1.54) is 6.42 Å². The maximum Gasteiger partial charge on any atom is 0.276 e. The summed E-state index contributed by atoms with van der Waals surface area (Å²) >= 11 is 0. The van der Waals surface area contributed by atoms with E-state index in [9.17, 15) is 9.59 Å². The molecule has 1 aliphatic heterocycles. The lowest BCUT2D eigenvalue weighted by Gasteiger charge is -2.52. The molecule has 2 aliphatic rings. The van der Waals surface area contributed by atoms with E-state index >= 15 is 0 Å². The Morgan fingerprint density at radius 1 is 1.21 bits per heavy atom. The number of piperazine rings is 1. The van der Waals surface area contributed by atoms with Crippen LogP contribution in [0.25, 0.3) is 0 Å². The maximum absolute atomic E-state index is 12.8. The minimum absolute atomic E-state index is 0.0844. The van der Waals surface area contributed by atoms with E-state index in [4.69, 9.17) is 4.52 Å². The number of rotatable bonds is 2. The summed E-state index contributed by atoms with van der Waals surface area (Å²) in [7, 11) is 0. The quantitative estimate of drug-likeness (QED) is 0.835. The second-order valence-electron chi connectivity index (χ2n) is 7.45. The molecule has 0 bridgehead atoms. The number of amides is 2. The molecule has 3 rings (SSSR count). The van der Waals surface area contributed by atoms with Gasteiger partial charge in [0.15, 0.2) is 5.69 Å². The highest BCUT2D eigenvalue weighted by molar-refractivity contribution is 5.92. The van der Waals surface area contributed by atoms with E-state index in [2.05, 4.69) is 5.16 Å². The number of aromatic nitrogens is 1. The monoisotopic (exact) mass is 333 g/mol. The Morgan fingerprint density at radius 2 is 1.92 bits per heavy atom. The fraction of sp³-hybridized carbons (Fsp3) is 0.722. The van der Waals surface area contributed by atoms with E-state index in [0.717, 1.165) is 31.4 Å². The minimum atomic E-state index is -0.192. The molecule has 0 radical (unpaired) electrons. The molecule has 0 aromatic carbocycles. The molecule has 1 saturated carbocycles. The van der Waals surface area contributed by atoms with Crippen LogP contribution in [0.1, 0.15) is 75.0 Å². The molecule has 0 atom stereocenters. The minimum Gasteiger partial charge on any atom is -0.360 e. The summed E-state index contributed by atoms with van der Waals surface area (Å²) in [6, 6.07) is 1.75. The molecule has 0 unspecified atom stereocenters. The van der Waals surface area contributed by atoms with E-state index in [1.54, 1.807) is 13.0 Å². The molecule has 1 aromatic rings. The van der Waals surface area contributed by atoms with Crippen molar-refractivity contribution < 1.29 is 14.1 Å². The van der Waals surface area contributed by atoms with Crippen LogP contribution in [-0.4, -0.2) is 51.9 Å². The summed E-state index contributed by atoms with van der Waals surface area (Å²) in [5, 5.41) is 3.95. The van der Waals surface area contributed by atoms with Gasteiger partial charge in [0.1, 0.15) is 5.76 Å². The van der Waals surface area contributed by atoms with Crippen LogP contribution in [-0.2, 0) is 4.79 Å². The van der Waals surface area contributed by atoms with Crippen molar-refractivity contribution in [2.45, 2.75) is 64.3 Å². The molecule has 0 N–H and O–H groups in total. The van der Waals surface area contributed by atoms with Crippen LogP contribution in [0, 0.1) is 0 Å². The molecule has 1 aromatic heterocycles. The maximum atomic E-state index is 12.8. The molecule has 132 valence electrons. The van der Waals surface area contributed by atoms with Gasteiger partial charge in [-0.1, -0.05) is 38.3 Å². The molecule has 1 spiro atoms. The molecule has 1 saturated heterocycles. The predicted molar refractivity (Wildman–Crippen MR) is 89.7 cm³/mol. The Balaban J connectivity index is 1.79. The van der Waals surface area contributed by atoms with Gasteiger partial charge in [-0.25, -0.2) is 0 Å². The van der Waals surface area contributed by atoms with Crippen LogP contribution < -0.4 is 0 Å². The first-order valence-corrected chi connectivity index (χ1v) is 8.97. The predicted octanol–water partition coefficient (Wildman–Crippen LogP) is 2.81. The zero-order valence-corrected chi connectivity index (χ0v) is 14.9. The normalized spacial score (nSPS) is 20.7. The van der Waals surface area contributed by atoms with Crippen LogP contribution in [0.4, 0.5) is 0 Å². The van der Waals surface area contributed by atoms with Gasteiger partial charge in [-0.2, -0.15) is 0 Å². The average molecular weight is 333 g/mol. The fourth-order valence-electron chi connectivity index (χ4n) is 4.10. The SMILES string of the molecule is CC(=O)N1CCN(C(=O)c2cc(C(C)C)on2)CC12CCCCC2. The van der Waals surface area contributed by atoms with E-state index in [-0.39, 0.29) is 23.3 Å². The van der Waals surface area contributed by atoms with Crippen molar-refractivity contribution in [1.29, 1.82) is 0 Å². The Labute approximate surface area is 143 Å². The van der Waals surface area contributed by atoms with Gasteiger partial charge in [0.2, 0.25) is 5.91 Å². The van der Waals surface area contributed by atoms with Crippen molar-refractivity contribution in [1.82, 2.24) is 15.0 Å². The Morgan fingerprint density at radius 3 is 2.50 bits per heavy atom. The molecular formula is C18H27N3O3. The smallest absolute Gasteiger partial charge is 0.276 e. The lowest BCUT2D eigenvalue weighted by atomic mass is 9.78. The second kappa shape index (κ2) is 6.57. The number of hydrogen-bond donors (Lipinski definition) is 0. The molecular weight excluding hydrogens is 306 g/mol. The molecule has 2 amide bonds. The lowest BCUT2D eigenvalue weighted by molar-refractivity contribution is -0.141. The summed E-state index contributed by atoms with van der Waals surface area (Å²) in [6.07, 6.45) is 5.40. The van der Waals surface area contributed by atoms with Gasteiger partial charge in [0, 0.05) is 38.5 Å². The highest BCUT2D eigenvalue weighted by Crippen LogP contribution is 2.37. The van der Waals surface area contributed by atoms with Crippen molar-refractivity contribution in [3.05, 3.63) is 17.5 Å². The standard InChI is InChI=1S/C18H27N3O3/c1-13(2)16-11-15(19-24-16)17(23)20-9-10-21(14(3)22)18(12-20)7-5-4-6-8-18/h11,13H,4-10,12H2,1-3H3. The van der Waals surface area contributed by atoms with Crippen molar-refractivity contribution in [3.8, 4) is 0 Å². The van der Waals surface area contributed by atoms with Gasteiger partial charge >= 0.3 is 0 Å². The van der Waals surface area contributed by atoms with Crippen LogP contribution in [0.3, 0.4) is 0 Å². The van der Waals surface area contributed by atoms with Gasteiger partial charge in [0.25, 0.3) is 5.91 Å². The molecule has 6 nitrogen and oxygen atoms in total. The fourth-order valence-corrected chi connectivity index (χ4v) is 4.10. The zero-order chi connectivity index (χ0) is 17.3. The van der Waals surface area contributed by atoms with Crippen molar-refractivity contribution >= 4 is 11.8 Å². The highest BCUT2D eigenvalue weighted by atomic mass is 16.5. The van der Waals surface area contributed by atoms with Crippen LogP contribution in [0.15, 0.2) is 10.6 Å². The molecule has 2 fully saturated rings. The van der Waals surface area contributed by atoms with Crippen LogP contribution in [0.5, 0.6) is 0 Å². The van der Waals surface area contributed by atoms with E-state index in [1.807, 2.05) is 23.6 Å². The summed E-state index contributed by atoms with van der Waals surface area (Å²) in [6.45, 7) is 7.44. The van der Waals surface area contributed by atoms with Crippen LogP contribution in [0.2, 0.25) is 0 Å². The Hall–Kier alpha value is -1.85. The van der Waals surface area contributed by atoms with E-state index in [0.29, 0.717) is 25.3 Å². The second-order valence-corrected chi connectivity index (χ2v) is 7.45. The summed E-state index contributed by atoms with van der Waals surface area (Å²) in [5.74, 6) is 0.970. The topological polar surface area (TPSA) is 66.7 Å². The Bertz CT molecular complexity index is 617. The largest absolute Gasteiger partial charge is 0.360 e. The summed E-state index contributed by atoms with van der Waals surface area (Å²) < 4.78 is 5.27. The van der Waals surface area contributed by atoms with Crippen LogP contribution >= 0.6 is 0 Å². The first-order valence-electron chi connectivity index (χ1n) is 8.97. The third-order valence-corrected chi connectivity index (χ3v) is 5.42. The van der Waals surface area contributed by atoms with Gasteiger partial charge in [-0.05, 0) is 12.8 Å². The van der Waals surface area contributed by atoms with Crippen molar-refractivity contribution in [3.63, 3.8) is 0 Å². The van der Waals surface area contributed by atoms with Crippen molar-refractivity contribution in [2.75, 3.05) is 19.6 Å². The third kappa shape index (κ3) is 3.06. The number of nitrogens with zero attached hydrogens (tertiary/aromatic N) is 3. The molecule has 1 aliphatic carbocycles. The third-order valence-electron chi connectivity index (χ3n) is 5.42. The number of carbonyl (C=O) groups excluding carboxylic acids is 2. The molecule has 24 heavy (non-hydrogen) atoms. The van der Waals surface area contributed by atoms with E-state index < -0.39 is 0 Å². The van der Waals surface area contributed by atoms with Gasteiger partial charge in [-0.15, -0.1) is 0 Å². The molecule has 6 heteroatoms. The zero-order valence-electron chi connectivity index (χ0n) is 14.9. The van der Waals surface area contributed by atoms with Gasteiger partial charge in [-0.3, -0.25) is 9.59 Å². The highest BCUT2D eigenvalue weighted by Gasteiger charge is 2.45. The molecule has 2 heterocycles. The van der Waals surface area contributed by atoms with Gasteiger partial charge < -0.3 is 14.3 Å². The summed E-state index contributed by atoms with van der Waals surface area (Å²) in [5.41, 5.74) is 0.184. The summed E-state index contributed by atoms with van der Waals surface area (Å²) in [4.78, 5) is 28.8. The first kappa shape index (κ1) is 17.0. The Kier molecular flexibility index (Phi) is 4.65. The van der Waals surface area contributed by atoms with Crippen molar-refractivity contribution in [2.24, 2.45) is 0 Å². The average Bonchev–Trinajstić information content (AvgIpc) is 3.04. The number of carbonyl (C=O) groups is 2. The lowest BCUT2D eigenvalue weighted by Crippen LogP contribution is -2.65. The first-order chi connectivity index (χ1) is 11.4. The number of hydrogen-bond acceptors (Lipinski definition) is 4. The van der Waals surface area contributed by atoms with Gasteiger partial charge in [0.05, 0.1) is 5.54 Å².